The lowest BCUT2D eigenvalue weighted by Gasteiger charge is -2.30. The average Bonchev–Trinajstić information content (AvgIpc) is 3.24. The maximum atomic E-state index is 13.2. The molecular weight excluding hydrogens is 442 g/mol. The van der Waals surface area contributed by atoms with Crippen LogP contribution in [-0.4, -0.2) is 84.3 Å². The number of carboxylic acid groups (broad SMARTS) is 1. The van der Waals surface area contributed by atoms with E-state index in [1.807, 2.05) is 0 Å². The zero-order valence-corrected chi connectivity index (χ0v) is 18.7. The van der Waals surface area contributed by atoms with E-state index in [2.05, 4.69) is 4.72 Å². The van der Waals surface area contributed by atoms with Gasteiger partial charge in [0.25, 0.3) is 0 Å². The van der Waals surface area contributed by atoms with E-state index in [9.17, 15) is 27.9 Å². The van der Waals surface area contributed by atoms with E-state index >= 15 is 0 Å². The van der Waals surface area contributed by atoms with Crippen LogP contribution in [0.15, 0.2) is 30.3 Å². The number of sulfonamides is 1. The fourth-order valence-corrected chi connectivity index (χ4v) is 6.07. The number of thioether (sulfide) groups is 1. The van der Waals surface area contributed by atoms with E-state index < -0.39 is 34.0 Å². The van der Waals surface area contributed by atoms with Crippen LogP contribution in [0.4, 0.5) is 0 Å². The van der Waals surface area contributed by atoms with Crippen LogP contribution < -0.4 is 4.72 Å². The molecule has 1 aromatic rings. The molecule has 2 saturated heterocycles. The van der Waals surface area contributed by atoms with Gasteiger partial charge in [-0.3, -0.25) is 9.59 Å². The van der Waals surface area contributed by atoms with Crippen molar-refractivity contribution in [2.45, 2.75) is 37.1 Å². The standard InChI is InChI=1S/C20H27N3O6S2/c24-18(22-9-11-30-12-10-22)13-16(19(25)23-8-4-7-17(23)20(26)27)21-31(28,29)14-15-5-2-1-3-6-15/h1-3,5-6,16-17,21H,4,7-14H2,(H,26,27)/t16-,17+/m1/s1. The van der Waals surface area contributed by atoms with Gasteiger partial charge in [0, 0.05) is 31.1 Å². The summed E-state index contributed by atoms with van der Waals surface area (Å²) in [6, 6.07) is 6.18. The monoisotopic (exact) mass is 469 g/mol. The van der Waals surface area contributed by atoms with Gasteiger partial charge in [-0.25, -0.2) is 17.9 Å². The predicted octanol–water partition coefficient (Wildman–Crippen LogP) is 0.516. The summed E-state index contributed by atoms with van der Waals surface area (Å²) in [5.41, 5.74) is 0.546. The number of carbonyl (C=O) groups is 3. The molecule has 2 aliphatic heterocycles. The second-order valence-electron chi connectivity index (χ2n) is 7.64. The van der Waals surface area contributed by atoms with Gasteiger partial charge in [-0.15, -0.1) is 0 Å². The molecule has 1 aromatic carbocycles. The van der Waals surface area contributed by atoms with Gasteiger partial charge in [-0.2, -0.15) is 11.8 Å². The summed E-state index contributed by atoms with van der Waals surface area (Å²) in [4.78, 5) is 40.3. The summed E-state index contributed by atoms with van der Waals surface area (Å²) in [6.07, 6.45) is 0.492. The highest BCUT2D eigenvalue weighted by Crippen LogP contribution is 2.20. The lowest BCUT2D eigenvalue weighted by atomic mass is 10.1. The van der Waals surface area contributed by atoms with Crippen LogP contribution in [0.3, 0.4) is 0 Å². The summed E-state index contributed by atoms with van der Waals surface area (Å²) in [5.74, 6) is -0.868. The molecule has 170 valence electrons. The smallest absolute Gasteiger partial charge is 0.326 e. The van der Waals surface area contributed by atoms with Gasteiger partial charge in [0.05, 0.1) is 12.2 Å². The third-order valence-corrected chi connectivity index (χ3v) is 7.68. The Balaban J connectivity index is 1.78. The van der Waals surface area contributed by atoms with Crippen LogP contribution in [0.5, 0.6) is 0 Å². The number of benzene rings is 1. The Morgan fingerprint density at radius 1 is 1.13 bits per heavy atom. The lowest BCUT2D eigenvalue weighted by Crippen LogP contribution is -2.53. The summed E-state index contributed by atoms with van der Waals surface area (Å²) in [6.45, 7) is 1.31. The summed E-state index contributed by atoms with van der Waals surface area (Å²) < 4.78 is 27.9. The molecule has 0 bridgehead atoms. The first-order valence-electron chi connectivity index (χ1n) is 10.2. The first-order chi connectivity index (χ1) is 14.8. The minimum absolute atomic E-state index is 0.223. The zero-order valence-electron chi connectivity index (χ0n) is 17.1. The van der Waals surface area contributed by atoms with Crippen molar-refractivity contribution in [3.8, 4) is 0 Å². The first kappa shape index (κ1) is 23.6. The Kier molecular flexibility index (Phi) is 7.95. The van der Waals surface area contributed by atoms with Crippen LogP contribution in [0.25, 0.3) is 0 Å². The van der Waals surface area contributed by atoms with Crippen LogP contribution in [0.1, 0.15) is 24.8 Å². The fraction of sp³-hybridized carbons (Fsp3) is 0.550. The fourth-order valence-electron chi connectivity index (χ4n) is 3.84. The summed E-state index contributed by atoms with van der Waals surface area (Å²) >= 11 is 1.73. The number of carbonyl (C=O) groups excluding carboxylic acids is 2. The third kappa shape index (κ3) is 6.44. The molecule has 0 aromatic heterocycles. The molecule has 31 heavy (non-hydrogen) atoms. The van der Waals surface area contributed by atoms with E-state index in [0.29, 0.717) is 31.5 Å². The molecule has 2 amide bonds. The molecule has 2 aliphatic rings. The van der Waals surface area contributed by atoms with Crippen molar-refractivity contribution in [2.75, 3.05) is 31.1 Å². The molecule has 2 N–H and O–H groups in total. The maximum absolute atomic E-state index is 13.2. The van der Waals surface area contributed by atoms with Gasteiger partial charge in [0.1, 0.15) is 12.1 Å². The molecule has 0 saturated carbocycles. The van der Waals surface area contributed by atoms with Crippen LogP contribution in [0, 0.1) is 0 Å². The highest BCUT2D eigenvalue weighted by Gasteiger charge is 2.39. The Hall–Kier alpha value is -2.11. The maximum Gasteiger partial charge on any atom is 0.326 e. The molecule has 2 fully saturated rings. The van der Waals surface area contributed by atoms with Gasteiger partial charge in [0.2, 0.25) is 21.8 Å². The normalized spacial score (nSPS) is 20.5. The number of aliphatic carboxylic acids is 1. The number of hydrogen-bond acceptors (Lipinski definition) is 6. The molecule has 3 rings (SSSR count). The van der Waals surface area contributed by atoms with E-state index in [0.717, 1.165) is 11.5 Å². The Bertz CT molecular complexity index is 903. The Morgan fingerprint density at radius 3 is 2.45 bits per heavy atom. The lowest BCUT2D eigenvalue weighted by molar-refractivity contribution is -0.149. The molecule has 0 aliphatic carbocycles. The Morgan fingerprint density at radius 2 is 1.81 bits per heavy atom. The SMILES string of the molecule is O=C(O)[C@@H]1CCCN1C(=O)[C@@H](CC(=O)N1CCSCC1)NS(=O)(=O)Cc1ccccc1. The van der Waals surface area contributed by atoms with Crippen molar-refractivity contribution in [3.05, 3.63) is 35.9 Å². The molecule has 2 heterocycles. The molecular formula is C20H27N3O6S2. The van der Waals surface area contributed by atoms with Crippen LogP contribution in [0.2, 0.25) is 0 Å². The quantitative estimate of drug-likeness (QED) is 0.569. The van der Waals surface area contributed by atoms with Crippen molar-refractivity contribution in [1.29, 1.82) is 0 Å². The van der Waals surface area contributed by atoms with Gasteiger partial charge in [-0.05, 0) is 18.4 Å². The van der Waals surface area contributed by atoms with Crippen molar-refractivity contribution in [1.82, 2.24) is 14.5 Å². The van der Waals surface area contributed by atoms with Gasteiger partial charge in [0.15, 0.2) is 0 Å². The predicted molar refractivity (Wildman–Crippen MR) is 117 cm³/mol. The van der Waals surface area contributed by atoms with E-state index in [1.54, 1.807) is 47.0 Å². The van der Waals surface area contributed by atoms with Crippen molar-refractivity contribution in [2.24, 2.45) is 0 Å². The van der Waals surface area contributed by atoms with Crippen LogP contribution >= 0.6 is 11.8 Å². The molecule has 2 atom stereocenters. The topological polar surface area (TPSA) is 124 Å². The van der Waals surface area contributed by atoms with Crippen LogP contribution in [-0.2, 0) is 30.2 Å². The minimum Gasteiger partial charge on any atom is -0.480 e. The first-order valence-corrected chi connectivity index (χ1v) is 13.0. The summed E-state index contributed by atoms with van der Waals surface area (Å²) in [5, 5.41) is 9.42. The molecule has 11 heteroatoms. The minimum atomic E-state index is -3.94. The van der Waals surface area contributed by atoms with Crippen molar-refractivity contribution >= 4 is 39.6 Å². The zero-order chi connectivity index (χ0) is 22.4. The third-order valence-electron chi connectivity index (χ3n) is 5.38. The largest absolute Gasteiger partial charge is 0.480 e. The second-order valence-corrected chi connectivity index (χ2v) is 10.6. The number of nitrogens with one attached hydrogen (secondary N) is 1. The van der Waals surface area contributed by atoms with Crippen molar-refractivity contribution < 1.29 is 27.9 Å². The second kappa shape index (κ2) is 10.5. The molecule has 0 unspecified atom stereocenters. The number of likely N-dealkylation sites (tertiary alicyclic amines) is 1. The van der Waals surface area contributed by atoms with Gasteiger partial charge >= 0.3 is 5.97 Å². The van der Waals surface area contributed by atoms with E-state index in [4.69, 9.17) is 0 Å². The average molecular weight is 470 g/mol. The highest BCUT2D eigenvalue weighted by atomic mass is 32.2. The van der Waals surface area contributed by atoms with Gasteiger partial charge in [-0.1, -0.05) is 30.3 Å². The number of rotatable bonds is 8. The molecule has 9 nitrogen and oxygen atoms in total. The summed E-state index contributed by atoms with van der Waals surface area (Å²) in [7, 11) is -3.94. The molecule has 0 spiro atoms. The number of amides is 2. The number of hydrogen-bond donors (Lipinski definition) is 2. The number of carboxylic acids is 1. The number of nitrogens with zero attached hydrogens (tertiary/aromatic N) is 2. The van der Waals surface area contributed by atoms with Gasteiger partial charge < -0.3 is 14.9 Å². The molecule has 0 radical (unpaired) electrons. The van der Waals surface area contributed by atoms with Crippen molar-refractivity contribution in [3.63, 3.8) is 0 Å². The van der Waals surface area contributed by atoms with E-state index in [1.165, 1.54) is 4.90 Å². The highest BCUT2D eigenvalue weighted by molar-refractivity contribution is 7.99. The van der Waals surface area contributed by atoms with E-state index in [-0.39, 0.29) is 24.6 Å². The Labute approximate surface area is 186 Å².